The van der Waals surface area contributed by atoms with Crippen LogP contribution in [-0.2, 0) is 17.8 Å². The summed E-state index contributed by atoms with van der Waals surface area (Å²) in [6.45, 7) is 7.68. The van der Waals surface area contributed by atoms with Crippen molar-refractivity contribution in [3.05, 3.63) is 78.0 Å². The van der Waals surface area contributed by atoms with Crippen molar-refractivity contribution >= 4 is 34.8 Å². The number of urea groups is 1. The zero-order valence-corrected chi connectivity index (χ0v) is 22.8. The molecule has 2 heterocycles. The fourth-order valence-electron chi connectivity index (χ4n) is 4.78. The number of nitrogens with zero attached hydrogens (tertiary/aromatic N) is 3. The molecule has 4 rings (SSSR count). The molecule has 5 N–H and O–H groups in total. The topological polar surface area (TPSA) is 116 Å². The molecule has 3 aromatic rings. The molecule has 0 aliphatic carbocycles. The van der Waals surface area contributed by atoms with Gasteiger partial charge in [0.15, 0.2) is 0 Å². The van der Waals surface area contributed by atoms with Crippen LogP contribution in [0, 0.1) is 0 Å². The van der Waals surface area contributed by atoms with E-state index in [9.17, 15) is 9.59 Å². The lowest BCUT2D eigenvalue weighted by atomic mass is 10.0. The summed E-state index contributed by atoms with van der Waals surface area (Å²) in [5, 5.41) is 10.4. The number of amides is 3. The van der Waals surface area contributed by atoms with E-state index in [4.69, 9.17) is 5.73 Å². The molecular weight excluding hydrogens is 490 g/mol. The Hall–Kier alpha value is -4.27. The molecule has 206 valence electrons. The number of anilines is 4. The van der Waals surface area contributed by atoms with Crippen LogP contribution in [-0.4, -0.2) is 58.9 Å². The molecule has 0 radical (unpaired) electrons. The predicted octanol–water partition coefficient (Wildman–Crippen LogP) is 4.80. The Balaban J connectivity index is 1.34. The van der Waals surface area contributed by atoms with E-state index in [1.54, 1.807) is 6.20 Å². The highest BCUT2D eigenvalue weighted by Gasteiger charge is 2.25. The predicted molar refractivity (Wildman–Crippen MR) is 157 cm³/mol. The minimum absolute atomic E-state index is 0.118. The quantitative estimate of drug-likeness (QED) is 0.284. The maximum atomic E-state index is 12.6. The van der Waals surface area contributed by atoms with Crippen molar-refractivity contribution in [1.82, 2.24) is 14.8 Å². The molecule has 0 bridgehead atoms. The van der Waals surface area contributed by atoms with Gasteiger partial charge in [-0.3, -0.25) is 4.79 Å². The second-order valence-corrected chi connectivity index (χ2v) is 9.77. The monoisotopic (exact) mass is 529 g/mol. The van der Waals surface area contributed by atoms with Gasteiger partial charge in [0.2, 0.25) is 5.91 Å². The maximum absolute atomic E-state index is 12.6. The van der Waals surface area contributed by atoms with E-state index in [0.717, 1.165) is 67.2 Å². The molecule has 0 unspecified atom stereocenters. The molecule has 2 aromatic carbocycles. The van der Waals surface area contributed by atoms with E-state index in [0.29, 0.717) is 18.4 Å². The van der Waals surface area contributed by atoms with E-state index in [-0.39, 0.29) is 12.5 Å². The van der Waals surface area contributed by atoms with Gasteiger partial charge in [-0.2, -0.15) is 0 Å². The number of aromatic nitrogens is 1. The van der Waals surface area contributed by atoms with Crippen molar-refractivity contribution in [1.29, 1.82) is 0 Å². The van der Waals surface area contributed by atoms with Crippen LogP contribution in [0.1, 0.15) is 37.8 Å². The largest absolute Gasteiger partial charge is 0.382 e. The fraction of sp³-hybridized carbons (Fsp3) is 0.367. The highest BCUT2D eigenvalue weighted by atomic mass is 16.2. The Kier molecular flexibility index (Phi) is 9.61. The molecule has 1 fully saturated rings. The van der Waals surface area contributed by atoms with E-state index >= 15 is 0 Å². The third kappa shape index (κ3) is 7.86. The summed E-state index contributed by atoms with van der Waals surface area (Å²) >= 11 is 0. The molecule has 1 aliphatic rings. The standard InChI is InChI=1S/C30H39N7O2/c1-3-36(4-2)30(39)37-16-14-26(15-17-37)34-24-10-12-25(13-11-24)35-29-19-27(23(21-33-29)18-28(31)38)32-20-22-8-6-5-7-9-22/h5-13,19,21,26,34H,3-4,14-18,20H2,1-2H3,(H2,31,38)(H2,32,33,35). The van der Waals surface area contributed by atoms with Crippen molar-refractivity contribution < 1.29 is 9.59 Å². The molecule has 9 nitrogen and oxygen atoms in total. The number of benzene rings is 2. The van der Waals surface area contributed by atoms with Gasteiger partial charge in [0.05, 0.1) is 6.42 Å². The summed E-state index contributed by atoms with van der Waals surface area (Å²) in [6.07, 6.45) is 3.65. The van der Waals surface area contributed by atoms with Crippen LogP contribution in [0.2, 0.25) is 0 Å². The van der Waals surface area contributed by atoms with Crippen molar-refractivity contribution in [3.8, 4) is 0 Å². The summed E-state index contributed by atoms with van der Waals surface area (Å²) in [7, 11) is 0. The molecule has 3 amide bonds. The van der Waals surface area contributed by atoms with Gasteiger partial charge in [-0.1, -0.05) is 30.3 Å². The van der Waals surface area contributed by atoms with E-state index in [1.807, 2.05) is 84.3 Å². The molecular formula is C30H39N7O2. The fourth-order valence-corrected chi connectivity index (χ4v) is 4.78. The lowest BCUT2D eigenvalue weighted by molar-refractivity contribution is -0.117. The number of carbonyl (C=O) groups excluding carboxylic acids is 2. The first kappa shape index (κ1) is 27.8. The molecule has 9 heteroatoms. The van der Waals surface area contributed by atoms with Gasteiger partial charge >= 0.3 is 6.03 Å². The Morgan fingerprint density at radius 3 is 2.31 bits per heavy atom. The summed E-state index contributed by atoms with van der Waals surface area (Å²) in [5.74, 6) is 0.272. The van der Waals surface area contributed by atoms with Gasteiger partial charge in [0.1, 0.15) is 5.82 Å². The number of hydrogen-bond acceptors (Lipinski definition) is 6. The van der Waals surface area contributed by atoms with E-state index < -0.39 is 5.91 Å². The molecule has 1 aliphatic heterocycles. The smallest absolute Gasteiger partial charge is 0.319 e. The zero-order valence-electron chi connectivity index (χ0n) is 22.8. The van der Waals surface area contributed by atoms with E-state index in [2.05, 4.69) is 20.9 Å². The average Bonchev–Trinajstić information content (AvgIpc) is 2.95. The summed E-state index contributed by atoms with van der Waals surface area (Å²) in [6, 6.07) is 20.6. The highest BCUT2D eigenvalue weighted by molar-refractivity contribution is 5.79. The van der Waals surface area contributed by atoms with Gasteiger partial charge < -0.3 is 31.5 Å². The van der Waals surface area contributed by atoms with Crippen molar-refractivity contribution in [2.45, 2.75) is 45.7 Å². The number of hydrogen-bond donors (Lipinski definition) is 4. The van der Waals surface area contributed by atoms with Gasteiger partial charge in [0, 0.05) is 73.7 Å². The zero-order chi connectivity index (χ0) is 27.6. The number of likely N-dealkylation sites (tertiary alicyclic amines) is 1. The molecule has 0 atom stereocenters. The highest BCUT2D eigenvalue weighted by Crippen LogP contribution is 2.25. The van der Waals surface area contributed by atoms with Gasteiger partial charge in [-0.05, 0) is 56.5 Å². The summed E-state index contributed by atoms with van der Waals surface area (Å²) in [4.78, 5) is 32.5. The van der Waals surface area contributed by atoms with Gasteiger partial charge in [0.25, 0.3) is 0 Å². The number of nitrogens with two attached hydrogens (primary N) is 1. The SMILES string of the molecule is CCN(CC)C(=O)N1CCC(Nc2ccc(Nc3cc(NCc4ccccc4)c(CC(N)=O)cn3)cc2)CC1. The van der Waals surface area contributed by atoms with Crippen LogP contribution < -0.4 is 21.7 Å². The summed E-state index contributed by atoms with van der Waals surface area (Å²) in [5.41, 5.74) is 10.1. The Bertz CT molecular complexity index is 1220. The lowest BCUT2D eigenvalue weighted by Crippen LogP contribution is -2.48. The second-order valence-electron chi connectivity index (χ2n) is 9.77. The number of carbonyl (C=O) groups is 2. The first-order chi connectivity index (χ1) is 18.9. The normalized spacial score (nSPS) is 13.5. The van der Waals surface area contributed by atoms with Crippen LogP contribution in [0.4, 0.5) is 27.7 Å². The lowest BCUT2D eigenvalue weighted by Gasteiger charge is -2.35. The van der Waals surface area contributed by atoms with Crippen molar-refractivity contribution in [2.24, 2.45) is 5.73 Å². The average molecular weight is 530 g/mol. The second kappa shape index (κ2) is 13.5. The Morgan fingerprint density at radius 2 is 1.67 bits per heavy atom. The van der Waals surface area contributed by atoms with Crippen molar-refractivity contribution in [2.75, 3.05) is 42.1 Å². The van der Waals surface area contributed by atoms with Gasteiger partial charge in [-0.15, -0.1) is 0 Å². The first-order valence-corrected chi connectivity index (χ1v) is 13.7. The molecule has 1 saturated heterocycles. The van der Waals surface area contributed by atoms with Crippen LogP contribution in [0.15, 0.2) is 66.9 Å². The number of rotatable bonds is 11. The molecule has 0 saturated carbocycles. The van der Waals surface area contributed by atoms with Crippen LogP contribution in [0.3, 0.4) is 0 Å². The minimum atomic E-state index is -0.399. The van der Waals surface area contributed by atoms with Crippen LogP contribution >= 0.6 is 0 Å². The molecule has 1 aromatic heterocycles. The number of nitrogens with one attached hydrogen (secondary N) is 3. The minimum Gasteiger partial charge on any atom is -0.382 e. The number of primary amides is 1. The third-order valence-electron chi connectivity index (χ3n) is 7.00. The summed E-state index contributed by atoms with van der Waals surface area (Å²) < 4.78 is 0. The van der Waals surface area contributed by atoms with E-state index in [1.165, 1.54) is 0 Å². The van der Waals surface area contributed by atoms with Gasteiger partial charge in [-0.25, -0.2) is 9.78 Å². The van der Waals surface area contributed by atoms with Crippen molar-refractivity contribution in [3.63, 3.8) is 0 Å². The number of piperidine rings is 1. The van der Waals surface area contributed by atoms with Crippen LogP contribution in [0.5, 0.6) is 0 Å². The Labute approximate surface area is 230 Å². The van der Waals surface area contributed by atoms with Crippen LogP contribution in [0.25, 0.3) is 0 Å². The number of pyridine rings is 1. The maximum Gasteiger partial charge on any atom is 0.319 e. The Morgan fingerprint density at radius 1 is 1.00 bits per heavy atom. The molecule has 0 spiro atoms. The first-order valence-electron chi connectivity index (χ1n) is 13.7. The third-order valence-corrected chi connectivity index (χ3v) is 7.00. The molecule has 39 heavy (non-hydrogen) atoms.